The number of hydrogen-bond donors (Lipinski definition) is 0. The predicted molar refractivity (Wildman–Crippen MR) is 43.2 cm³/mol. The van der Waals surface area contributed by atoms with Gasteiger partial charge in [-0.15, -0.1) is 0 Å². The van der Waals surface area contributed by atoms with Gasteiger partial charge in [-0.3, -0.25) is 4.79 Å². The molecule has 64 valence electrons. The number of carbonyl (C=O) groups is 2. The molecule has 0 fully saturated rings. The Hall–Kier alpha value is -0.860. The minimum atomic E-state index is 0.0344. The highest BCUT2D eigenvalue weighted by atomic mass is 16.2. The van der Waals surface area contributed by atoms with Gasteiger partial charge >= 0.3 is 0 Å². The molecule has 0 spiro atoms. The van der Waals surface area contributed by atoms with Crippen LogP contribution in [0.2, 0.25) is 0 Å². The van der Waals surface area contributed by atoms with Gasteiger partial charge in [-0.1, -0.05) is 13.8 Å². The van der Waals surface area contributed by atoms with Crippen LogP contribution in [0, 0.1) is 5.92 Å². The van der Waals surface area contributed by atoms with E-state index in [1.54, 1.807) is 7.05 Å². The predicted octanol–water partition coefficient (Wildman–Crippen LogP) is 0.690. The Morgan fingerprint density at radius 2 is 2.09 bits per heavy atom. The van der Waals surface area contributed by atoms with E-state index in [1.807, 2.05) is 13.8 Å². The second-order valence-corrected chi connectivity index (χ2v) is 3.04. The van der Waals surface area contributed by atoms with Crippen molar-refractivity contribution in [3.05, 3.63) is 0 Å². The maximum absolute atomic E-state index is 11.1. The van der Waals surface area contributed by atoms with Crippen LogP contribution in [0.3, 0.4) is 0 Å². The van der Waals surface area contributed by atoms with Gasteiger partial charge in [0.25, 0.3) is 0 Å². The van der Waals surface area contributed by atoms with Crippen LogP contribution < -0.4 is 0 Å². The molecule has 0 atom stereocenters. The van der Waals surface area contributed by atoms with E-state index in [4.69, 9.17) is 0 Å². The molecule has 3 heteroatoms. The summed E-state index contributed by atoms with van der Waals surface area (Å²) in [6.45, 7) is 4.16. The molecule has 0 aliphatic rings. The molecular weight excluding hydrogens is 142 g/mol. The van der Waals surface area contributed by atoms with Crippen LogP contribution in [0.4, 0.5) is 0 Å². The number of hydrogen-bond acceptors (Lipinski definition) is 2. The Labute approximate surface area is 67.4 Å². The minimum Gasteiger partial charge on any atom is -0.339 e. The first-order valence-electron chi connectivity index (χ1n) is 3.75. The first-order valence-corrected chi connectivity index (χ1v) is 3.75. The molecule has 0 saturated carbocycles. The van der Waals surface area contributed by atoms with Gasteiger partial charge in [0.1, 0.15) is 6.29 Å². The Morgan fingerprint density at radius 1 is 1.55 bits per heavy atom. The zero-order valence-electron chi connectivity index (χ0n) is 7.33. The van der Waals surface area contributed by atoms with Crippen molar-refractivity contribution in [2.45, 2.75) is 20.3 Å². The largest absolute Gasteiger partial charge is 0.339 e. The lowest BCUT2D eigenvalue weighted by Gasteiger charge is -2.14. The summed E-state index contributed by atoms with van der Waals surface area (Å²) in [7, 11) is 1.64. The SMILES string of the molecule is CC(C)CC(=O)N(C)CC=O. The fourth-order valence-electron chi connectivity index (χ4n) is 0.719. The summed E-state index contributed by atoms with van der Waals surface area (Å²) in [4.78, 5) is 22.6. The highest BCUT2D eigenvalue weighted by Gasteiger charge is 2.08. The lowest BCUT2D eigenvalue weighted by atomic mass is 10.1. The lowest BCUT2D eigenvalue weighted by Crippen LogP contribution is -2.29. The van der Waals surface area contributed by atoms with Gasteiger partial charge in [0.05, 0.1) is 6.54 Å². The Balaban J connectivity index is 3.72. The van der Waals surface area contributed by atoms with Crippen molar-refractivity contribution in [2.24, 2.45) is 5.92 Å². The molecule has 0 aliphatic heterocycles. The van der Waals surface area contributed by atoms with E-state index in [0.717, 1.165) is 6.29 Å². The van der Waals surface area contributed by atoms with Crippen molar-refractivity contribution in [3.8, 4) is 0 Å². The molecule has 0 N–H and O–H groups in total. The zero-order valence-corrected chi connectivity index (χ0v) is 7.33. The molecule has 0 aromatic rings. The average Bonchev–Trinajstić information content (AvgIpc) is 1.86. The standard InChI is InChI=1S/C8H15NO2/c1-7(2)6-8(11)9(3)4-5-10/h5,7H,4,6H2,1-3H3. The monoisotopic (exact) mass is 157 g/mol. The topological polar surface area (TPSA) is 37.4 Å². The van der Waals surface area contributed by atoms with Crippen molar-refractivity contribution >= 4 is 12.2 Å². The summed E-state index contributed by atoms with van der Waals surface area (Å²) < 4.78 is 0. The van der Waals surface area contributed by atoms with E-state index in [-0.39, 0.29) is 12.5 Å². The molecule has 0 rings (SSSR count). The van der Waals surface area contributed by atoms with E-state index in [1.165, 1.54) is 4.90 Å². The molecule has 0 saturated heterocycles. The Morgan fingerprint density at radius 3 is 2.45 bits per heavy atom. The summed E-state index contributed by atoms with van der Waals surface area (Å²) in [5.74, 6) is 0.392. The van der Waals surface area contributed by atoms with E-state index < -0.39 is 0 Å². The lowest BCUT2D eigenvalue weighted by molar-refractivity contribution is -0.132. The first-order chi connectivity index (χ1) is 5.07. The zero-order chi connectivity index (χ0) is 8.85. The fourth-order valence-corrected chi connectivity index (χ4v) is 0.719. The van der Waals surface area contributed by atoms with Crippen LogP contribution in [-0.4, -0.2) is 30.7 Å². The second-order valence-electron chi connectivity index (χ2n) is 3.04. The molecule has 0 unspecified atom stereocenters. The van der Waals surface area contributed by atoms with Crippen LogP contribution in [-0.2, 0) is 9.59 Å². The molecule has 1 amide bonds. The van der Waals surface area contributed by atoms with Gasteiger partial charge in [0.15, 0.2) is 0 Å². The van der Waals surface area contributed by atoms with Crippen LogP contribution in [0.15, 0.2) is 0 Å². The van der Waals surface area contributed by atoms with Crippen molar-refractivity contribution in [3.63, 3.8) is 0 Å². The molecular formula is C8H15NO2. The maximum atomic E-state index is 11.1. The number of nitrogens with zero attached hydrogens (tertiary/aromatic N) is 1. The van der Waals surface area contributed by atoms with Crippen LogP contribution in [0.25, 0.3) is 0 Å². The van der Waals surface area contributed by atoms with Crippen molar-refractivity contribution in [1.82, 2.24) is 4.90 Å². The molecule has 0 heterocycles. The molecule has 3 nitrogen and oxygen atoms in total. The first kappa shape index (κ1) is 10.1. The number of rotatable bonds is 4. The summed E-state index contributed by atoms with van der Waals surface area (Å²) >= 11 is 0. The summed E-state index contributed by atoms with van der Waals surface area (Å²) in [5.41, 5.74) is 0. The maximum Gasteiger partial charge on any atom is 0.222 e. The van der Waals surface area contributed by atoms with Crippen molar-refractivity contribution in [2.75, 3.05) is 13.6 Å². The smallest absolute Gasteiger partial charge is 0.222 e. The van der Waals surface area contributed by atoms with Gasteiger partial charge < -0.3 is 9.69 Å². The van der Waals surface area contributed by atoms with Crippen LogP contribution in [0.1, 0.15) is 20.3 Å². The Kier molecular flexibility index (Phi) is 4.50. The molecule has 0 aromatic carbocycles. The third kappa shape index (κ3) is 4.53. The molecule has 0 aromatic heterocycles. The van der Waals surface area contributed by atoms with Gasteiger partial charge in [-0.25, -0.2) is 0 Å². The van der Waals surface area contributed by atoms with Gasteiger partial charge in [0, 0.05) is 13.5 Å². The van der Waals surface area contributed by atoms with E-state index >= 15 is 0 Å². The van der Waals surface area contributed by atoms with Crippen molar-refractivity contribution in [1.29, 1.82) is 0 Å². The molecule has 11 heavy (non-hydrogen) atoms. The van der Waals surface area contributed by atoms with Crippen molar-refractivity contribution < 1.29 is 9.59 Å². The third-order valence-corrected chi connectivity index (χ3v) is 1.36. The van der Waals surface area contributed by atoms with Gasteiger partial charge in [0.2, 0.25) is 5.91 Å². The van der Waals surface area contributed by atoms with Crippen LogP contribution in [0.5, 0.6) is 0 Å². The van der Waals surface area contributed by atoms with E-state index in [2.05, 4.69) is 0 Å². The van der Waals surface area contributed by atoms with Gasteiger partial charge in [-0.2, -0.15) is 0 Å². The number of likely N-dealkylation sites (N-methyl/N-ethyl adjacent to an activating group) is 1. The quantitative estimate of drug-likeness (QED) is 0.563. The van der Waals surface area contributed by atoms with Crippen LogP contribution >= 0.6 is 0 Å². The fraction of sp³-hybridized carbons (Fsp3) is 0.750. The second kappa shape index (κ2) is 4.88. The van der Waals surface area contributed by atoms with E-state index in [0.29, 0.717) is 12.3 Å². The Bertz CT molecular complexity index is 143. The third-order valence-electron chi connectivity index (χ3n) is 1.36. The molecule has 0 radical (unpaired) electrons. The highest BCUT2D eigenvalue weighted by molar-refractivity contribution is 5.78. The highest BCUT2D eigenvalue weighted by Crippen LogP contribution is 2.01. The molecule has 0 bridgehead atoms. The summed E-state index contributed by atoms with van der Waals surface area (Å²) in [5, 5.41) is 0. The summed E-state index contributed by atoms with van der Waals surface area (Å²) in [6.07, 6.45) is 1.25. The minimum absolute atomic E-state index is 0.0344. The number of aldehydes is 1. The van der Waals surface area contributed by atoms with E-state index in [9.17, 15) is 9.59 Å². The number of carbonyl (C=O) groups excluding carboxylic acids is 2. The average molecular weight is 157 g/mol. The molecule has 0 aliphatic carbocycles. The van der Waals surface area contributed by atoms with Gasteiger partial charge in [-0.05, 0) is 5.92 Å². The summed E-state index contributed by atoms with van der Waals surface area (Å²) in [6, 6.07) is 0. The number of amides is 1. The normalized spacial score (nSPS) is 9.82.